The van der Waals surface area contributed by atoms with Gasteiger partial charge in [-0.1, -0.05) is 111 Å². The Morgan fingerprint density at radius 3 is 2.10 bits per heavy atom. The van der Waals surface area contributed by atoms with Crippen LogP contribution in [0.15, 0.2) is 11.6 Å². The molecule has 3 fully saturated rings. The van der Waals surface area contributed by atoms with Crippen molar-refractivity contribution < 1.29 is 14.2 Å². The molecule has 3 saturated carbocycles. The summed E-state index contributed by atoms with van der Waals surface area (Å²) >= 11 is 0. The molecule has 9 atom stereocenters. The second-order valence-corrected chi connectivity index (χ2v) is 18.6. The fourth-order valence-electron chi connectivity index (χ4n) is 11.3. The zero-order valence-corrected chi connectivity index (χ0v) is 34.0. The summed E-state index contributed by atoms with van der Waals surface area (Å²) in [6, 6.07) is 0.354. The van der Waals surface area contributed by atoms with E-state index in [0.717, 1.165) is 68.5 Å². The van der Waals surface area contributed by atoms with Crippen molar-refractivity contribution in [3.8, 4) is 0 Å². The van der Waals surface area contributed by atoms with E-state index < -0.39 is 0 Å². The van der Waals surface area contributed by atoms with Crippen molar-refractivity contribution in [3.63, 3.8) is 0 Å². The van der Waals surface area contributed by atoms with Crippen LogP contribution in [0, 0.1) is 46.3 Å². The monoisotopic (exact) mass is 686 g/mol. The molecule has 0 N–H and O–H groups in total. The van der Waals surface area contributed by atoms with E-state index >= 15 is 0 Å². The molecule has 4 aliphatic rings. The molecule has 0 aromatic heterocycles. The van der Waals surface area contributed by atoms with Crippen LogP contribution in [0.2, 0.25) is 0 Å². The molecular weight excluding hydrogens is 602 g/mol. The highest BCUT2D eigenvalue weighted by atomic mass is 16.5. The first-order valence-corrected chi connectivity index (χ1v) is 21.7. The third-order valence-electron chi connectivity index (χ3n) is 14.5. The summed E-state index contributed by atoms with van der Waals surface area (Å²) in [6.07, 6.45) is 29.9. The highest BCUT2D eigenvalue weighted by molar-refractivity contribution is 5.25. The minimum atomic E-state index is 0.354. The summed E-state index contributed by atoms with van der Waals surface area (Å²) in [4.78, 5) is 2.24. The lowest BCUT2D eigenvalue weighted by molar-refractivity contribution is -0.0641. The molecular formula is C45H83NO3. The maximum absolute atomic E-state index is 6.56. The van der Waals surface area contributed by atoms with Crippen molar-refractivity contribution in [1.29, 1.82) is 0 Å². The van der Waals surface area contributed by atoms with Crippen LogP contribution in [0.1, 0.15) is 170 Å². The van der Waals surface area contributed by atoms with Crippen molar-refractivity contribution in [3.05, 3.63) is 11.6 Å². The molecule has 0 aromatic rings. The average Bonchev–Trinajstić information content (AvgIpc) is 3.43. The van der Waals surface area contributed by atoms with Crippen LogP contribution in [-0.4, -0.2) is 64.2 Å². The molecule has 0 spiro atoms. The number of nitrogens with zero attached hydrogens (tertiary/aromatic N) is 1. The summed E-state index contributed by atoms with van der Waals surface area (Å²) in [7, 11) is 4.26. The van der Waals surface area contributed by atoms with Gasteiger partial charge in [0, 0.05) is 19.8 Å². The van der Waals surface area contributed by atoms with Crippen molar-refractivity contribution in [1.82, 2.24) is 4.90 Å². The Balaban J connectivity index is 1.08. The van der Waals surface area contributed by atoms with E-state index in [2.05, 4.69) is 66.6 Å². The SMILES string of the molecule is CCCCCOCC(COCCCCCCCCO[C@H]1CC[C@@]2(C)C(=CC[C@H]3[C@@H]4CC[C@H]([C@H](C)CCCC(C)C)[C@@]4(C)CC[C@@H]32)C1)N(C)C. The second kappa shape index (κ2) is 20.7. The molecule has 49 heavy (non-hydrogen) atoms. The molecule has 4 rings (SSSR count). The van der Waals surface area contributed by atoms with E-state index in [1.165, 1.54) is 128 Å². The topological polar surface area (TPSA) is 30.9 Å². The van der Waals surface area contributed by atoms with Crippen LogP contribution in [0.5, 0.6) is 0 Å². The smallest absolute Gasteiger partial charge is 0.0644 e. The van der Waals surface area contributed by atoms with E-state index in [9.17, 15) is 0 Å². The minimum absolute atomic E-state index is 0.354. The lowest BCUT2D eigenvalue weighted by atomic mass is 9.47. The molecule has 4 aliphatic carbocycles. The molecule has 0 saturated heterocycles. The summed E-state index contributed by atoms with van der Waals surface area (Å²) in [5.74, 6) is 5.51. The number of rotatable bonds is 24. The first-order valence-electron chi connectivity index (χ1n) is 21.7. The number of fused-ring (bicyclic) bond motifs is 5. The maximum Gasteiger partial charge on any atom is 0.0644 e. The van der Waals surface area contributed by atoms with Gasteiger partial charge in [-0.15, -0.1) is 0 Å². The second-order valence-electron chi connectivity index (χ2n) is 18.6. The summed E-state index contributed by atoms with van der Waals surface area (Å²) in [5, 5.41) is 0. The van der Waals surface area contributed by atoms with Gasteiger partial charge >= 0.3 is 0 Å². The van der Waals surface area contributed by atoms with E-state index in [-0.39, 0.29) is 0 Å². The van der Waals surface area contributed by atoms with Gasteiger partial charge in [0.25, 0.3) is 0 Å². The zero-order chi connectivity index (χ0) is 35.3. The van der Waals surface area contributed by atoms with Crippen LogP contribution >= 0.6 is 0 Å². The number of ether oxygens (including phenoxy) is 3. The number of likely N-dealkylation sites (N-methyl/N-ethyl adjacent to an activating group) is 1. The molecule has 286 valence electrons. The Kier molecular flexibility index (Phi) is 17.5. The molecule has 1 unspecified atom stereocenters. The average molecular weight is 686 g/mol. The zero-order valence-electron chi connectivity index (χ0n) is 34.0. The fraction of sp³-hybridized carbons (Fsp3) is 0.956. The van der Waals surface area contributed by atoms with Crippen LogP contribution < -0.4 is 0 Å². The molecule has 0 radical (unpaired) electrons. The van der Waals surface area contributed by atoms with Crippen molar-refractivity contribution in [2.75, 3.05) is 47.1 Å². The third kappa shape index (κ3) is 11.5. The fourth-order valence-corrected chi connectivity index (χ4v) is 11.3. The predicted octanol–water partition coefficient (Wildman–Crippen LogP) is 11.9. The maximum atomic E-state index is 6.56. The largest absolute Gasteiger partial charge is 0.380 e. The highest BCUT2D eigenvalue weighted by Crippen LogP contribution is 2.67. The Morgan fingerprint density at radius 1 is 0.755 bits per heavy atom. The van der Waals surface area contributed by atoms with Crippen LogP contribution in [0.3, 0.4) is 0 Å². The van der Waals surface area contributed by atoms with Crippen molar-refractivity contribution in [2.24, 2.45) is 46.3 Å². The van der Waals surface area contributed by atoms with Gasteiger partial charge in [-0.05, 0) is 131 Å². The van der Waals surface area contributed by atoms with Gasteiger partial charge in [0.05, 0.1) is 25.4 Å². The van der Waals surface area contributed by atoms with Gasteiger partial charge in [0.1, 0.15) is 0 Å². The van der Waals surface area contributed by atoms with Gasteiger partial charge < -0.3 is 19.1 Å². The van der Waals surface area contributed by atoms with E-state index in [4.69, 9.17) is 14.2 Å². The Hall–Kier alpha value is -0.420. The molecule has 0 aromatic carbocycles. The molecule has 0 bridgehead atoms. The lowest BCUT2D eigenvalue weighted by Gasteiger charge is -2.58. The first kappa shape index (κ1) is 41.3. The van der Waals surface area contributed by atoms with Gasteiger partial charge in [0.2, 0.25) is 0 Å². The molecule has 0 amide bonds. The Bertz CT molecular complexity index is 948. The predicted molar refractivity (Wildman–Crippen MR) is 209 cm³/mol. The van der Waals surface area contributed by atoms with Crippen LogP contribution in [0.4, 0.5) is 0 Å². The summed E-state index contributed by atoms with van der Waals surface area (Å²) in [5.41, 5.74) is 2.81. The van der Waals surface area contributed by atoms with Crippen LogP contribution in [0.25, 0.3) is 0 Å². The van der Waals surface area contributed by atoms with Crippen molar-refractivity contribution >= 4 is 0 Å². The normalized spacial score (nSPS) is 32.5. The van der Waals surface area contributed by atoms with Crippen molar-refractivity contribution in [2.45, 2.75) is 182 Å². The standard InChI is InChI=1S/C45H83NO3/c1-9-10-15-29-47-33-38(46(7)8)34-48-30-16-13-11-12-14-17-31-49-39-25-27-44(5)37(32-39)21-22-40-42-24-23-41(36(4)20-18-19-35(2)3)45(42,6)28-26-43(40)44/h21,35-36,38-43H,9-20,22-34H2,1-8H3/t36-,38?,39+,40+,41-,42+,43+,44+,45-/m1/s1. The molecule has 0 heterocycles. The highest BCUT2D eigenvalue weighted by Gasteiger charge is 2.59. The first-order chi connectivity index (χ1) is 23.6. The van der Waals surface area contributed by atoms with Gasteiger partial charge in [-0.2, -0.15) is 0 Å². The molecule has 4 heteroatoms. The van der Waals surface area contributed by atoms with Gasteiger partial charge in [0.15, 0.2) is 0 Å². The van der Waals surface area contributed by atoms with E-state index in [1.807, 2.05) is 0 Å². The van der Waals surface area contributed by atoms with Gasteiger partial charge in [-0.25, -0.2) is 0 Å². The number of hydrogen-bond donors (Lipinski definition) is 0. The summed E-state index contributed by atoms with van der Waals surface area (Å²) < 4.78 is 18.5. The quantitative estimate of drug-likeness (QED) is 0.0747. The van der Waals surface area contributed by atoms with Gasteiger partial charge in [-0.3, -0.25) is 0 Å². The Morgan fingerprint density at radius 2 is 1.43 bits per heavy atom. The minimum Gasteiger partial charge on any atom is -0.380 e. The number of hydrogen-bond acceptors (Lipinski definition) is 4. The van der Waals surface area contributed by atoms with Crippen LogP contribution in [-0.2, 0) is 14.2 Å². The lowest BCUT2D eigenvalue weighted by Crippen LogP contribution is -2.51. The van der Waals surface area contributed by atoms with E-state index in [1.54, 1.807) is 5.57 Å². The third-order valence-corrected chi connectivity index (χ3v) is 14.5. The molecule has 4 nitrogen and oxygen atoms in total. The number of allylic oxidation sites excluding steroid dienone is 1. The van der Waals surface area contributed by atoms with E-state index in [0.29, 0.717) is 23.0 Å². The summed E-state index contributed by atoms with van der Waals surface area (Å²) in [6.45, 7) is 19.3. The Labute approximate surface area is 305 Å². The molecule has 0 aliphatic heterocycles. The number of unbranched alkanes of at least 4 members (excludes halogenated alkanes) is 7.